The van der Waals surface area contributed by atoms with Crippen molar-refractivity contribution in [1.82, 2.24) is 0 Å². The molecule has 2 bridgehead atoms. The van der Waals surface area contributed by atoms with Gasteiger partial charge in [0.05, 0.1) is 13.0 Å². The maximum absolute atomic E-state index is 11.5. The molecule has 20 heavy (non-hydrogen) atoms. The van der Waals surface area contributed by atoms with Crippen molar-refractivity contribution in [3.05, 3.63) is 34.9 Å². The van der Waals surface area contributed by atoms with Gasteiger partial charge in [0.25, 0.3) is 0 Å². The number of hydrogen-bond acceptors (Lipinski definition) is 2. The number of benzene rings is 1. The molecule has 2 saturated carbocycles. The second-order valence-electron chi connectivity index (χ2n) is 6.01. The van der Waals surface area contributed by atoms with Gasteiger partial charge in [-0.2, -0.15) is 0 Å². The van der Waals surface area contributed by atoms with Gasteiger partial charge in [-0.25, -0.2) is 0 Å². The molecule has 1 aromatic rings. The Bertz CT molecular complexity index is 574. The van der Waals surface area contributed by atoms with Crippen LogP contribution in [0.3, 0.4) is 0 Å². The summed E-state index contributed by atoms with van der Waals surface area (Å²) in [5.74, 6) is 0.693. The van der Waals surface area contributed by atoms with E-state index in [0.29, 0.717) is 11.8 Å². The fourth-order valence-electron chi connectivity index (χ4n) is 3.87. The largest absolute Gasteiger partial charge is 0.497 e. The number of ether oxygens (including phenoxy) is 1. The van der Waals surface area contributed by atoms with Crippen molar-refractivity contribution in [2.24, 2.45) is 17.8 Å². The molecule has 0 amide bonds. The summed E-state index contributed by atoms with van der Waals surface area (Å²) >= 11 is 0. The number of fused-ring (bicyclic) bond motifs is 2. The van der Waals surface area contributed by atoms with E-state index >= 15 is 0 Å². The van der Waals surface area contributed by atoms with Crippen LogP contribution in [0.5, 0.6) is 5.75 Å². The summed E-state index contributed by atoms with van der Waals surface area (Å²) in [5.41, 5.74) is 3.29. The Morgan fingerprint density at radius 1 is 1.35 bits per heavy atom. The van der Waals surface area contributed by atoms with Gasteiger partial charge in [-0.15, -0.1) is 0 Å². The topological polar surface area (TPSA) is 46.5 Å². The lowest BCUT2D eigenvalue weighted by atomic mass is 9.83. The highest BCUT2D eigenvalue weighted by Crippen LogP contribution is 2.52. The highest BCUT2D eigenvalue weighted by molar-refractivity contribution is 5.78. The van der Waals surface area contributed by atoms with Crippen molar-refractivity contribution in [3.63, 3.8) is 0 Å². The van der Waals surface area contributed by atoms with Crippen molar-refractivity contribution in [3.8, 4) is 5.75 Å². The van der Waals surface area contributed by atoms with Gasteiger partial charge in [0.2, 0.25) is 0 Å². The molecule has 1 N–H and O–H groups in total. The summed E-state index contributed by atoms with van der Waals surface area (Å²) in [6.45, 7) is 2.03. The molecule has 106 valence electrons. The first-order valence-corrected chi connectivity index (χ1v) is 7.18. The molecule has 0 saturated heterocycles. The molecule has 3 rings (SSSR count). The van der Waals surface area contributed by atoms with E-state index < -0.39 is 5.97 Å². The van der Waals surface area contributed by atoms with Crippen LogP contribution >= 0.6 is 0 Å². The number of hydrogen-bond donors (Lipinski definition) is 1. The first-order valence-electron chi connectivity index (χ1n) is 7.18. The van der Waals surface area contributed by atoms with Crippen LogP contribution in [0.1, 0.15) is 30.4 Å². The lowest BCUT2D eigenvalue weighted by Gasteiger charge is -2.21. The second-order valence-corrected chi connectivity index (χ2v) is 6.01. The molecule has 0 radical (unpaired) electrons. The third kappa shape index (κ3) is 2.21. The fourth-order valence-corrected chi connectivity index (χ4v) is 3.87. The monoisotopic (exact) mass is 272 g/mol. The van der Waals surface area contributed by atoms with Crippen LogP contribution in [0.25, 0.3) is 6.08 Å². The number of rotatable bonds is 3. The van der Waals surface area contributed by atoms with Gasteiger partial charge in [0, 0.05) is 0 Å². The molecule has 3 unspecified atom stereocenters. The summed E-state index contributed by atoms with van der Waals surface area (Å²) in [4.78, 5) is 11.5. The summed E-state index contributed by atoms with van der Waals surface area (Å²) in [6, 6.07) is 6.04. The number of carboxylic acid groups (broad SMARTS) is 1. The highest BCUT2D eigenvalue weighted by atomic mass is 16.5. The van der Waals surface area contributed by atoms with Crippen LogP contribution in [0.15, 0.2) is 23.8 Å². The minimum absolute atomic E-state index is 0.278. The zero-order valence-electron chi connectivity index (χ0n) is 11.9. The summed E-state index contributed by atoms with van der Waals surface area (Å²) in [6.07, 6.45) is 5.34. The number of methoxy groups -OCH3 is 1. The second kappa shape index (κ2) is 4.97. The van der Waals surface area contributed by atoms with E-state index in [4.69, 9.17) is 4.74 Å². The summed E-state index contributed by atoms with van der Waals surface area (Å²) in [5, 5.41) is 9.47. The predicted molar refractivity (Wildman–Crippen MR) is 77.7 cm³/mol. The van der Waals surface area contributed by atoms with E-state index in [1.54, 1.807) is 7.11 Å². The lowest BCUT2D eigenvalue weighted by molar-refractivity contribution is -0.141. The van der Waals surface area contributed by atoms with Crippen LogP contribution in [-0.4, -0.2) is 18.2 Å². The molecule has 0 aliphatic heterocycles. The van der Waals surface area contributed by atoms with Crippen LogP contribution in [0.2, 0.25) is 0 Å². The van der Waals surface area contributed by atoms with Crippen LogP contribution in [0.4, 0.5) is 0 Å². The van der Waals surface area contributed by atoms with Gasteiger partial charge in [0.1, 0.15) is 5.75 Å². The number of carboxylic acids is 1. The van der Waals surface area contributed by atoms with Crippen LogP contribution < -0.4 is 4.74 Å². The molecule has 0 aromatic heterocycles. The quantitative estimate of drug-likeness (QED) is 0.915. The molecule has 0 heterocycles. The Kier molecular flexibility index (Phi) is 3.28. The van der Waals surface area contributed by atoms with Crippen LogP contribution in [0, 0.1) is 24.7 Å². The predicted octanol–water partition coefficient (Wildman–Crippen LogP) is 3.52. The Morgan fingerprint density at radius 3 is 2.85 bits per heavy atom. The summed E-state index contributed by atoms with van der Waals surface area (Å²) < 4.78 is 5.29. The average Bonchev–Trinajstić information content (AvgIpc) is 2.98. The van der Waals surface area contributed by atoms with Gasteiger partial charge in [-0.05, 0) is 61.3 Å². The molecule has 3 atom stereocenters. The van der Waals surface area contributed by atoms with Crippen molar-refractivity contribution < 1.29 is 14.6 Å². The minimum Gasteiger partial charge on any atom is -0.497 e. The maximum Gasteiger partial charge on any atom is 0.310 e. The summed E-state index contributed by atoms with van der Waals surface area (Å²) in [7, 11) is 1.66. The minimum atomic E-state index is -0.664. The molecular formula is C17H20O3. The Labute approximate surface area is 119 Å². The molecule has 0 spiro atoms. The Hall–Kier alpha value is -1.77. The van der Waals surface area contributed by atoms with Gasteiger partial charge in [0.15, 0.2) is 0 Å². The van der Waals surface area contributed by atoms with E-state index in [0.717, 1.165) is 41.7 Å². The van der Waals surface area contributed by atoms with Crippen molar-refractivity contribution in [1.29, 1.82) is 0 Å². The molecule has 3 heteroatoms. The highest BCUT2D eigenvalue weighted by Gasteiger charge is 2.47. The lowest BCUT2D eigenvalue weighted by Crippen LogP contribution is -2.22. The molecule has 3 nitrogen and oxygen atoms in total. The molecule has 2 aliphatic carbocycles. The molecule has 2 aliphatic rings. The van der Waals surface area contributed by atoms with E-state index in [1.807, 2.05) is 19.1 Å². The normalized spacial score (nSPS) is 29.9. The number of carbonyl (C=O) groups is 1. The van der Waals surface area contributed by atoms with Gasteiger partial charge in [-0.3, -0.25) is 4.79 Å². The van der Waals surface area contributed by atoms with E-state index in [9.17, 15) is 9.90 Å². The Morgan fingerprint density at radius 2 is 2.15 bits per heavy atom. The van der Waals surface area contributed by atoms with Gasteiger partial charge >= 0.3 is 5.97 Å². The van der Waals surface area contributed by atoms with Crippen molar-refractivity contribution in [2.45, 2.75) is 26.2 Å². The zero-order chi connectivity index (χ0) is 14.3. The SMILES string of the molecule is COc1cc(C)cc(/C=C2\C3CCC(C3)C2C(=O)O)c1. The molecule has 1 aromatic carbocycles. The van der Waals surface area contributed by atoms with Gasteiger partial charge in [-0.1, -0.05) is 17.7 Å². The Balaban J connectivity index is 1.98. The first-order chi connectivity index (χ1) is 9.58. The van der Waals surface area contributed by atoms with Crippen molar-refractivity contribution in [2.75, 3.05) is 7.11 Å². The van der Waals surface area contributed by atoms with E-state index in [1.165, 1.54) is 0 Å². The smallest absolute Gasteiger partial charge is 0.310 e. The standard InChI is InChI=1S/C17H20O3/c1-10-5-11(7-14(6-10)20-2)8-15-12-3-4-13(9-12)16(15)17(18)19/h5-8,12-13,16H,3-4,9H2,1-2H3,(H,18,19)/b15-8+. The van der Waals surface area contributed by atoms with E-state index in [-0.39, 0.29) is 5.92 Å². The number of aliphatic carboxylic acids is 1. The third-order valence-electron chi connectivity index (χ3n) is 4.68. The first kappa shape index (κ1) is 13.2. The third-order valence-corrected chi connectivity index (χ3v) is 4.68. The maximum atomic E-state index is 11.5. The molecular weight excluding hydrogens is 252 g/mol. The van der Waals surface area contributed by atoms with Gasteiger partial charge < -0.3 is 9.84 Å². The molecule has 2 fully saturated rings. The van der Waals surface area contributed by atoms with Crippen molar-refractivity contribution >= 4 is 12.0 Å². The average molecular weight is 272 g/mol. The number of aryl methyl sites for hydroxylation is 1. The van der Waals surface area contributed by atoms with Crippen LogP contribution in [-0.2, 0) is 4.79 Å². The van der Waals surface area contributed by atoms with E-state index in [2.05, 4.69) is 12.1 Å². The zero-order valence-corrected chi connectivity index (χ0v) is 11.9. The fraction of sp³-hybridized carbons (Fsp3) is 0.471.